The molecule has 1 aromatic heterocycles. The van der Waals surface area contributed by atoms with Crippen molar-refractivity contribution in [2.45, 2.75) is 12.1 Å². The molecule has 7 heteroatoms. The molecule has 0 amide bonds. The van der Waals surface area contributed by atoms with Gasteiger partial charge in [-0.05, 0) is 24.3 Å². The third-order valence-corrected chi connectivity index (χ3v) is 4.03. The third-order valence-electron chi connectivity index (χ3n) is 2.24. The Morgan fingerprint density at radius 2 is 1.94 bits per heavy atom. The number of nitrogens with one attached hydrogen (secondary N) is 1. The van der Waals surface area contributed by atoms with Crippen LogP contribution in [0.5, 0.6) is 0 Å². The summed E-state index contributed by atoms with van der Waals surface area (Å²) in [4.78, 5) is 3.95. The van der Waals surface area contributed by atoms with Gasteiger partial charge in [0.1, 0.15) is 0 Å². The number of hydrogen-bond acceptors (Lipinski definition) is 4. The summed E-state index contributed by atoms with van der Waals surface area (Å²) in [6.45, 7) is 1.56. The highest BCUT2D eigenvalue weighted by atomic mass is 35.5. The van der Waals surface area contributed by atoms with Crippen molar-refractivity contribution in [1.82, 2.24) is 15.2 Å². The van der Waals surface area contributed by atoms with E-state index in [9.17, 15) is 8.42 Å². The number of hydrogen-bond donors (Lipinski definition) is 1. The molecule has 5 nitrogen and oxygen atoms in total. The highest BCUT2D eigenvalue weighted by molar-refractivity contribution is 7.91. The first-order valence-electron chi connectivity index (χ1n) is 4.94. The van der Waals surface area contributed by atoms with Crippen molar-refractivity contribution in [2.75, 3.05) is 5.75 Å². The van der Waals surface area contributed by atoms with Gasteiger partial charge in [0.25, 0.3) is 0 Å². The van der Waals surface area contributed by atoms with Gasteiger partial charge in [-0.3, -0.25) is 0 Å². The van der Waals surface area contributed by atoms with E-state index in [4.69, 9.17) is 11.6 Å². The van der Waals surface area contributed by atoms with Crippen molar-refractivity contribution in [1.29, 1.82) is 0 Å². The van der Waals surface area contributed by atoms with E-state index in [1.54, 1.807) is 31.2 Å². The summed E-state index contributed by atoms with van der Waals surface area (Å²) in [5.41, 5.74) is 0.711. The van der Waals surface area contributed by atoms with E-state index in [0.717, 1.165) is 0 Å². The monoisotopic (exact) mass is 271 g/mol. The maximum Gasteiger partial charge on any atom is 0.243 e. The molecule has 0 saturated heterocycles. The molecule has 17 heavy (non-hydrogen) atoms. The van der Waals surface area contributed by atoms with Crippen LogP contribution in [0.25, 0.3) is 11.4 Å². The van der Waals surface area contributed by atoms with Crippen molar-refractivity contribution < 1.29 is 8.42 Å². The van der Waals surface area contributed by atoms with E-state index in [2.05, 4.69) is 15.2 Å². The Bertz CT molecular complexity index is 619. The molecule has 1 heterocycles. The first-order chi connectivity index (χ1) is 8.03. The van der Waals surface area contributed by atoms with Gasteiger partial charge >= 0.3 is 0 Å². The Morgan fingerprint density at radius 3 is 2.53 bits per heavy atom. The number of rotatable bonds is 3. The lowest BCUT2D eigenvalue weighted by Crippen LogP contribution is -2.05. The molecule has 0 spiro atoms. The number of nitrogens with zero attached hydrogens (tertiary/aromatic N) is 2. The zero-order chi connectivity index (χ0) is 12.5. The molecule has 0 aliphatic heterocycles. The topological polar surface area (TPSA) is 75.7 Å². The minimum atomic E-state index is -3.35. The van der Waals surface area contributed by atoms with E-state index in [-0.39, 0.29) is 10.9 Å². The van der Waals surface area contributed by atoms with E-state index in [1.807, 2.05) is 0 Å². The second-order valence-electron chi connectivity index (χ2n) is 3.37. The van der Waals surface area contributed by atoms with Gasteiger partial charge in [0, 0.05) is 10.6 Å². The SMILES string of the molecule is CCS(=O)(=O)c1nc(-c2ccc(Cl)cc2)n[nH]1. The minimum absolute atomic E-state index is 0.0117. The van der Waals surface area contributed by atoms with Crippen LogP contribution in [0.4, 0.5) is 0 Å². The zero-order valence-corrected chi connectivity index (χ0v) is 10.6. The highest BCUT2D eigenvalue weighted by Crippen LogP contribution is 2.18. The summed E-state index contributed by atoms with van der Waals surface area (Å²) >= 11 is 5.75. The lowest BCUT2D eigenvalue weighted by atomic mass is 10.2. The standard InChI is InChI=1S/C10H10ClN3O2S/c1-2-17(15,16)10-12-9(13-14-10)7-3-5-8(11)6-4-7/h3-6H,2H2,1H3,(H,12,13,14). The smallest absolute Gasteiger partial charge is 0.243 e. The van der Waals surface area contributed by atoms with Crippen molar-refractivity contribution >= 4 is 21.4 Å². The average molecular weight is 272 g/mol. The molecule has 0 atom stereocenters. The number of aromatic amines is 1. The molecule has 0 saturated carbocycles. The number of halogens is 1. The lowest BCUT2D eigenvalue weighted by Gasteiger charge is -1.94. The maximum atomic E-state index is 11.5. The van der Waals surface area contributed by atoms with Crippen LogP contribution in [0.1, 0.15) is 6.92 Å². The van der Waals surface area contributed by atoms with Crippen LogP contribution < -0.4 is 0 Å². The number of H-pyrrole nitrogens is 1. The fourth-order valence-corrected chi connectivity index (χ4v) is 2.06. The minimum Gasteiger partial charge on any atom is -0.249 e. The van der Waals surface area contributed by atoms with Crippen molar-refractivity contribution in [2.24, 2.45) is 0 Å². The molecule has 0 bridgehead atoms. The van der Waals surface area contributed by atoms with Crippen LogP contribution in [0.3, 0.4) is 0 Å². The van der Waals surface area contributed by atoms with Gasteiger partial charge < -0.3 is 0 Å². The predicted octanol–water partition coefficient (Wildman–Crippen LogP) is 1.92. The van der Waals surface area contributed by atoms with Gasteiger partial charge in [0.15, 0.2) is 5.82 Å². The molecule has 0 aliphatic rings. The summed E-state index contributed by atoms with van der Waals surface area (Å²) in [6, 6.07) is 6.85. The Hall–Kier alpha value is -1.40. The largest absolute Gasteiger partial charge is 0.249 e. The van der Waals surface area contributed by atoms with E-state index < -0.39 is 9.84 Å². The van der Waals surface area contributed by atoms with Gasteiger partial charge in [-0.2, -0.15) is 10.1 Å². The van der Waals surface area contributed by atoms with Crippen molar-refractivity contribution in [3.8, 4) is 11.4 Å². The van der Waals surface area contributed by atoms with Crippen molar-refractivity contribution in [3.63, 3.8) is 0 Å². The summed E-state index contributed by atoms with van der Waals surface area (Å²) < 4.78 is 23.1. The normalized spacial score (nSPS) is 11.6. The number of benzene rings is 1. The molecular formula is C10H10ClN3O2S. The number of aromatic nitrogens is 3. The molecule has 2 rings (SSSR count). The van der Waals surface area contributed by atoms with E-state index >= 15 is 0 Å². The fraction of sp³-hybridized carbons (Fsp3) is 0.200. The van der Waals surface area contributed by atoms with Crippen LogP contribution >= 0.6 is 11.6 Å². The molecule has 0 radical (unpaired) electrons. The van der Waals surface area contributed by atoms with Crippen LogP contribution in [0.2, 0.25) is 5.02 Å². The summed E-state index contributed by atoms with van der Waals surface area (Å²) in [5.74, 6) is 0.330. The van der Waals surface area contributed by atoms with Gasteiger partial charge in [-0.25, -0.2) is 13.5 Å². The van der Waals surface area contributed by atoms with Crippen molar-refractivity contribution in [3.05, 3.63) is 29.3 Å². The molecular weight excluding hydrogens is 262 g/mol. The fourth-order valence-electron chi connectivity index (χ4n) is 1.25. The Balaban J connectivity index is 2.40. The number of sulfone groups is 1. The molecule has 0 fully saturated rings. The molecule has 0 aliphatic carbocycles. The van der Waals surface area contributed by atoms with Crippen LogP contribution in [-0.4, -0.2) is 29.4 Å². The van der Waals surface area contributed by atoms with Gasteiger partial charge in [0.05, 0.1) is 5.75 Å². The summed E-state index contributed by atoms with van der Waals surface area (Å²) in [6.07, 6.45) is 0. The molecule has 1 N–H and O–H groups in total. The quantitative estimate of drug-likeness (QED) is 0.925. The second-order valence-corrected chi connectivity index (χ2v) is 6.00. The second kappa shape index (κ2) is 4.46. The highest BCUT2D eigenvalue weighted by Gasteiger charge is 2.17. The Labute approximate surface area is 104 Å². The molecule has 90 valence electrons. The molecule has 0 unspecified atom stereocenters. The van der Waals surface area contributed by atoms with E-state index in [1.165, 1.54) is 0 Å². The van der Waals surface area contributed by atoms with Gasteiger partial charge in [0.2, 0.25) is 15.0 Å². The van der Waals surface area contributed by atoms with Gasteiger partial charge in [-0.15, -0.1) is 0 Å². The summed E-state index contributed by atoms with van der Waals surface area (Å²) in [5, 5.41) is 6.80. The Kier molecular flexibility index (Phi) is 3.17. The van der Waals surface area contributed by atoms with E-state index in [0.29, 0.717) is 16.4 Å². The predicted molar refractivity (Wildman–Crippen MR) is 64.6 cm³/mol. The summed E-state index contributed by atoms with van der Waals surface area (Å²) in [7, 11) is -3.35. The average Bonchev–Trinajstić information content (AvgIpc) is 2.80. The first-order valence-corrected chi connectivity index (χ1v) is 6.97. The maximum absolute atomic E-state index is 11.5. The Morgan fingerprint density at radius 1 is 1.29 bits per heavy atom. The lowest BCUT2D eigenvalue weighted by molar-refractivity contribution is 0.589. The van der Waals surface area contributed by atoms with Crippen LogP contribution in [0, 0.1) is 0 Å². The van der Waals surface area contributed by atoms with Crippen LogP contribution in [-0.2, 0) is 9.84 Å². The van der Waals surface area contributed by atoms with Gasteiger partial charge in [-0.1, -0.05) is 18.5 Å². The third kappa shape index (κ3) is 2.48. The molecule has 2 aromatic rings. The van der Waals surface area contributed by atoms with Crippen LogP contribution in [0.15, 0.2) is 29.4 Å². The molecule has 1 aromatic carbocycles. The zero-order valence-electron chi connectivity index (χ0n) is 9.01. The first kappa shape index (κ1) is 12.1.